The van der Waals surface area contributed by atoms with E-state index in [1.165, 1.54) is 49.5 Å². The zero-order valence-electron chi connectivity index (χ0n) is 23.6. The minimum Gasteiger partial charge on any atom is -0.497 e. The van der Waals surface area contributed by atoms with Crippen molar-refractivity contribution < 1.29 is 51.6 Å². The Morgan fingerprint density at radius 3 is 2.33 bits per heavy atom. The second-order valence-electron chi connectivity index (χ2n) is 8.72. The number of rotatable bonds is 12. The minimum atomic E-state index is -5.02. The van der Waals surface area contributed by atoms with Crippen LogP contribution in [-0.2, 0) is 20.9 Å². The first-order valence-corrected chi connectivity index (χ1v) is 13.1. The molecule has 0 aromatic heterocycles. The molecule has 1 amide bonds. The Bertz CT molecular complexity index is 1480. The summed E-state index contributed by atoms with van der Waals surface area (Å²) in [6.45, 7) is 1.58. The van der Waals surface area contributed by atoms with Gasteiger partial charge in [0.05, 0.1) is 40.2 Å². The topological polar surface area (TPSA) is 104 Å². The summed E-state index contributed by atoms with van der Waals surface area (Å²) in [7, 11) is 4.04. The van der Waals surface area contributed by atoms with Gasteiger partial charge >= 0.3 is 12.3 Å². The first-order valence-electron chi connectivity index (χ1n) is 12.7. The Hall–Kier alpha value is -4.42. The van der Waals surface area contributed by atoms with Crippen molar-refractivity contribution in [3.63, 3.8) is 0 Å². The molecule has 0 radical (unpaired) electrons. The molecule has 3 aromatic carbocycles. The number of methoxy groups -OCH3 is 3. The molecular formula is C30H29ClF3NO8. The van der Waals surface area contributed by atoms with E-state index >= 15 is 0 Å². The van der Waals surface area contributed by atoms with E-state index in [1.54, 1.807) is 25.1 Å². The average Bonchev–Trinajstić information content (AvgIpc) is 2.97. The first kappa shape index (κ1) is 33.1. The maximum absolute atomic E-state index is 13.6. The number of carbonyl (C=O) groups is 2. The number of ether oxygens (including phenoxy) is 5. The molecule has 0 spiro atoms. The zero-order valence-corrected chi connectivity index (χ0v) is 24.4. The van der Waals surface area contributed by atoms with E-state index in [2.05, 4.69) is 4.74 Å². The van der Waals surface area contributed by atoms with Crippen LogP contribution in [0.1, 0.15) is 29.7 Å². The molecule has 0 heterocycles. The number of esters is 1. The molecule has 43 heavy (non-hydrogen) atoms. The third-order valence-electron chi connectivity index (χ3n) is 6.05. The lowest BCUT2D eigenvalue weighted by atomic mass is 9.97. The lowest BCUT2D eigenvalue weighted by Gasteiger charge is -2.28. The molecule has 3 aromatic rings. The molecule has 0 aliphatic rings. The van der Waals surface area contributed by atoms with Crippen LogP contribution in [-0.4, -0.2) is 51.3 Å². The van der Waals surface area contributed by atoms with Gasteiger partial charge in [-0.3, -0.25) is 4.79 Å². The molecule has 0 bridgehead atoms. The van der Waals surface area contributed by atoms with E-state index in [-0.39, 0.29) is 40.7 Å². The molecule has 0 saturated heterocycles. The summed E-state index contributed by atoms with van der Waals surface area (Å²) in [4.78, 5) is 26.8. The standard InChI is InChI=1S/C30H29ClF3NO8/c1-5-42-27(37)14-13-26(36)35(17-18-9-11-20(39-2)16-25(18)40-3)23-12-10-19(31)15-22(23)28(38)21-7-6-8-24(29(21)41-4)43-30(32,33)34/h6-16,28,38H,5,17H2,1-4H3/b14-13+. The molecule has 0 aliphatic carbocycles. The fourth-order valence-corrected chi connectivity index (χ4v) is 4.36. The fraction of sp³-hybridized carbons (Fsp3) is 0.267. The highest BCUT2D eigenvalue weighted by Gasteiger charge is 2.34. The quantitative estimate of drug-likeness (QED) is 0.194. The van der Waals surface area contributed by atoms with E-state index in [0.717, 1.165) is 25.3 Å². The number of aliphatic hydroxyl groups excluding tert-OH is 1. The Labute approximate surface area is 250 Å². The van der Waals surface area contributed by atoms with Gasteiger partial charge in [-0.15, -0.1) is 13.2 Å². The summed E-state index contributed by atoms with van der Waals surface area (Å²) < 4.78 is 64.1. The van der Waals surface area contributed by atoms with E-state index in [9.17, 15) is 27.9 Å². The Morgan fingerprint density at radius 1 is 0.953 bits per heavy atom. The summed E-state index contributed by atoms with van der Waals surface area (Å²) in [6.07, 6.45) is -4.72. The van der Waals surface area contributed by atoms with Gasteiger partial charge < -0.3 is 33.7 Å². The van der Waals surface area contributed by atoms with Crippen molar-refractivity contribution in [2.24, 2.45) is 0 Å². The molecule has 13 heteroatoms. The van der Waals surface area contributed by atoms with Gasteiger partial charge in [-0.1, -0.05) is 23.7 Å². The van der Waals surface area contributed by atoms with Gasteiger partial charge in [-0.05, 0) is 43.3 Å². The van der Waals surface area contributed by atoms with Gasteiger partial charge in [-0.2, -0.15) is 0 Å². The first-order chi connectivity index (χ1) is 20.4. The maximum Gasteiger partial charge on any atom is 0.573 e. The molecular weight excluding hydrogens is 595 g/mol. The number of hydrogen-bond donors (Lipinski definition) is 1. The predicted molar refractivity (Wildman–Crippen MR) is 152 cm³/mol. The van der Waals surface area contributed by atoms with E-state index in [0.29, 0.717) is 17.1 Å². The van der Waals surface area contributed by atoms with Crippen molar-refractivity contribution in [1.82, 2.24) is 0 Å². The lowest BCUT2D eigenvalue weighted by Crippen LogP contribution is -2.30. The number of alkyl halides is 3. The van der Waals surface area contributed by atoms with Crippen LogP contribution in [0.2, 0.25) is 5.02 Å². The van der Waals surface area contributed by atoms with Crippen LogP contribution in [0.5, 0.6) is 23.0 Å². The Balaban J connectivity index is 2.18. The highest BCUT2D eigenvalue weighted by atomic mass is 35.5. The molecule has 1 atom stereocenters. The number of para-hydroxylation sites is 1. The SMILES string of the molecule is CCOC(=O)/C=C/C(=O)N(Cc1ccc(OC)cc1OC)c1ccc(Cl)cc1C(O)c1cccc(OC(F)(F)F)c1OC. The van der Waals surface area contributed by atoms with Crippen LogP contribution in [0.3, 0.4) is 0 Å². The summed E-state index contributed by atoms with van der Waals surface area (Å²) in [5.74, 6) is -1.63. The van der Waals surface area contributed by atoms with Crippen molar-refractivity contribution in [2.45, 2.75) is 25.9 Å². The van der Waals surface area contributed by atoms with Gasteiger partial charge in [-0.25, -0.2) is 4.79 Å². The second-order valence-corrected chi connectivity index (χ2v) is 9.16. The van der Waals surface area contributed by atoms with Gasteiger partial charge in [0.15, 0.2) is 11.5 Å². The highest BCUT2D eigenvalue weighted by molar-refractivity contribution is 6.30. The molecule has 0 fully saturated rings. The minimum absolute atomic E-state index is 0.0420. The van der Waals surface area contributed by atoms with Crippen molar-refractivity contribution in [1.29, 1.82) is 0 Å². The van der Waals surface area contributed by atoms with Crippen molar-refractivity contribution in [3.8, 4) is 23.0 Å². The van der Waals surface area contributed by atoms with Crippen LogP contribution in [0.25, 0.3) is 0 Å². The summed E-state index contributed by atoms with van der Waals surface area (Å²) >= 11 is 6.28. The maximum atomic E-state index is 13.6. The van der Waals surface area contributed by atoms with E-state index < -0.39 is 30.1 Å². The number of halogens is 4. The molecule has 0 saturated carbocycles. The lowest BCUT2D eigenvalue weighted by molar-refractivity contribution is -0.275. The van der Waals surface area contributed by atoms with Gasteiger partial charge in [0.25, 0.3) is 5.91 Å². The normalized spacial score (nSPS) is 12.0. The van der Waals surface area contributed by atoms with Crippen LogP contribution < -0.4 is 23.8 Å². The molecule has 1 N–H and O–H groups in total. The van der Waals surface area contributed by atoms with Crippen molar-refractivity contribution in [2.75, 3.05) is 32.8 Å². The van der Waals surface area contributed by atoms with Gasteiger partial charge in [0.1, 0.15) is 17.6 Å². The highest BCUT2D eigenvalue weighted by Crippen LogP contribution is 2.42. The smallest absolute Gasteiger partial charge is 0.497 e. The fourth-order valence-electron chi connectivity index (χ4n) is 4.18. The average molecular weight is 624 g/mol. The molecule has 1 unspecified atom stereocenters. The number of carbonyl (C=O) groups excluding carboxylic acids is 2. The van der Waals surface area contributed by atoms with E-state index in [4.69, 9.17) is 30.5 Å². The largest absolute Gasteiger partial charge is 0.573 e. The number of nitrogens with zero attached hydrogens (tertiary/aromatic N) is 1. The van der Waals surface area contributed by atoms with Crippen LogP contribution >= 0.6 is 11.6 Å². The summed E-state index contributed by atoms with van der Waals surface area (Å²) in [5, 5.41) is 11.7. The molecule has 9 nitrogen and oxygen atoms in total. The summed E-state index contributed by atoms with van der Waals surface area (Å²) in [6, 6.07) is 12.8. The number of aliphatic hydroxyl groups is 1. The number of amides is 1. The van der Waals surface area contributed by atoms with Crippen LogP contribution in [0, 0.1) is 0 Å². The third kappa shape index (κ3) is 8.55. The van der Waals surface area contributed by atoms with E-state index in [1.807, 2.05) is 0 Å². The number of anilines is 1. The predicted octanol–water partition coefficient (Wildman–Crippen LogP) is 6.00. The zero-order chi connectivity index (χ0) is 31.7. The van der Waals surface area contributed by atoms with Crippen molar-refractivity contribution >= 4 is 29.2 Å². The summed E-state index contributed by atoms with van der Waals surface area (Å²) in [5.41, 5.74) is 0.594. The van der Waals surface area contributed by atoms with Crippen LogP contribution in [0.4, 0.5) is 18.9 Å². The molecule has 3 rings (SSSR count). The number of hydrogen-bond acceptors (Lipinski definition) is 8. The van der Waals surface area contributed by atoms with Crippen LogP contribution in [0.15, 0.2) is 66.7 Å². The van der Waals surface area contributed by atoms with Gasteiger partial charge in [0, 0.05) is 39.9 Å². The third-order valence-corrected chi connectivity index (χ3v) is 6.28. The molecule has 230 valence electrons. The van der Waals surface area contributed by atoms with Gasteiger partial charge in [0.2, 0.25) is 0 Å². The molecule has 0 aliphatic heterocycles. The monoisotopic (exact) mass is 623 g/mol. The Kier molecular flexibility index (Phi) is 11.3. The Morgan fingerprint density at radius 2 is 1.70 bits per heavy atom. The number of benzene rings is 3. The van der Waals surface area contributed by atoms with Crippen molar-refractivity contribution in [3.05, 3.63) is 88.5 Å². The second kappa shape index (κ2) is 14.7.